The molecule has 1 unspecified atom stereocenters. The highest BCUT2D eigenvalue weighted by atomic mass is 28.3. The van der Waals surface area contributed by atoms with Gasteiger partial charge in [-0.05, 0) is 24.2 Å². The third kappa shape index (κ3) is 5.73. The Morgan fingerprint density at radius 3 is 2.44 bits per heavy atom. The molecule has 1 aromatic carbocycles. The van der Waals surface area contributed by atoms with Crippen LogP contribution in [0.3, 0.4) is 0 Å². The molecule has 0 aromatic heterocycles. The number of alkyl halides is 1. The third-order valence-corrected chi connectivity index (χ3v) is 3.25. The number of halogens is 1. The molecule has 0 spiro atoms. The second kappa shape index (κ2) is 8.37. The number of methoxy groups -OCH3 is 1. The maximum Gasteiger partial charge on any atom is 0.171 e. The van der Waals surface area contributed by atoms with Crippen LogP contribution in [0.1, 0.15) is 17.3 Å². The fourth-order valence-corrected chi connectivity index (χ4v) is 1.99. The molecule has 0 N–H and O–H groups in total. The van der Waals surface area contributed by atoms with Crippen LogP contribution in [0.4, 0.5) is 4.39 Å². The van der Waals surface area contributed by atoms with Gasteiger partial charge in [-0.15, -0.1) is 0 Å². The highest BCUT2D eigenvalue weighted by Crippen LogP contribution is 2.19. The van der Waals surface area contributed by atoms with Gasteiger partial charge in [0.1, 0.15) is 13.0 Å². The van der Waals surface area contributed by atoms with E-state index in [0.717, 1.165) is 5.56 Å². The number of hydrogen-bond donors (Lipinski definition) is 0. The average molecular weight is 272 g/mol. The second-order valence-electron chi connectivity index (χ2n) is 4.35. The molecule has 0 saturated heterocycles. The second-order valence-corrected chi connectivity index (χ2v) is 6.78. The van der Waals surface area contributed by atoms with Crippen molar-refractivity contribution < 1.29 is 18.3 Å². The molecule has 3 nitrogen and oxygen atoms in total. The van der Waals surface area contributed by atoms with Crippen molar-refractivity contribution in [1.82, 2.24) is 0 Å². The summed E-state index contributed by atoms with van der Waals surface area (Å²) in [6, 6.07) is 7.29. The molecule has 5 heteroatoms. The van der Waals surface area contributed by atoms with Gasteiger partial charge < -0.3 is 13.9 Å². The lowest BCUT2D eigenvalue weighted by Crippen LogP contribution is -2.12. The number of benzene rings is 1. The minimum Gasteiger partial charge on any atom is -0.417 e. The number of hydrogen-bond acceptors (Lipinski definition) is 3. The highest BCUT2D eigenvalue weighted by molar-refractivity contribution is 6.48. The van der Waals surface area contributed by atoms with E-state index in [-0.39, 0.29) is 13.4 Å². The largest absolute Gasteiger partial charge is 0.417 e. The zero-order chi connectivity index (χ0) is 13.4. The molecule has 0 aliphatic rings. The van der Waals surface area contributed by atoms with Crippen molar-refractivity contribution in [2.24, 2.45) is 0 Å². The van der Waals surface area contributed by atoms with Gasteiger partial charge in [-0.3, -0.25) is 0 Å². The smallest absolute Gasteiger partial charge is 0.171 e. The van der Waals surface area contributed by atoms with Crippen LogP contribution in [0.15, 0.2) is 24.3 Å². The molecular formula is C13H21FO3Si. The van der Waals surface area contributed by atoms with Gasteiger partial charge in [-0.25, -0.2) is 4.39 Å². The summed E-state index contributed by atoms with van der Waals surface area (Å²) in [7, 11) is 0.425. The highest BCUT2D eigenvalue weighted by Gasteiger charge is 2.10. The van der Waals surface area contributed by atoms with E-state index >= 15 is 0 Å². The summed E-state index contributed by atoms with van der Waals surface area (Å²) in [4.78, 5) is 0. The Balaban J connectivity index is 2.43. The lowest BCUT2D eigenvalue weighted by Gasteiger charge is -2.12. The molecule has 0 saturated carbocycles. The normalized spacial score (nSPS) is 12.9. The Bertz CT molecular complexity index is 330. The van der Waals surface area contributed by atoms with Crippen molar-refractivity contribution in [3.8, 4) is 0 Å². The van der Waals surface area contributed by atoms with Crippen molar-refractivity contribution in [2.75, 3.05) is 20.5 Å². The topological polar surface area (TPSA) is 27.7 Å². The van der Waals surface area contributed by atoms with Gasteiger partial charge in [-0.2, -0.15) is 0 Å². The summed E-state index contributed by atoms with van der Waals surface area (Å²) in [5, 5.41) is 0. The fraction of sp³-hybridized carbons (Fsp3) is 0.538. The molecule has 0 aliphatic heterocycles. The van der Waals surface area contributed by atoms with E-state index in [2.05, 4.69) is 0 Å². The quantitative estimate of drug-likeness (QED) is 0.414. The summed E-state index contributed by atoms with van der Waals surface area (Å²) in [6.45, 7) is 4.95. The summed E-state index contributed by atoms with van der Waals surface area (Å²) in [5.74, 6) is 0. The van der Waals surface area contributed by atoms with Crippen molar-refractivity contribution in [1.29, 1.82) is 0 Å². The standard InChI is InChI=1S/C13H21FO3Si/c1-15-10-16-8-11-4-6-12(7-5-11)13(14)9-17-18(2)3/h4-7,13,18H,8-10H2,1-3H3. The molecule has 0 radical (unpaired) electrons. The van der Waals surface area contributed by atoms with Gasteiger partial charge in [0.05, 0.1) is 13.2 Å². The van der Waals surface area contributed by atoms with Gasteiger partial charge in [-0.1, -0.05) is 24.3 Å². The van der Waals surface area contributed by atoms with Crippen LogP contribution in [0.2, 0.25) is 13.1 Å². The molecule has 1 aromatic rings. The first-order valence-corrected chi connectivity index (χ1v) is 8.82. The number of rotatable bonds is 8. The zero-order valence-electron chi connectivity index (χ0n) is 11.2. The van der Waals surface area contributed by atoms with Crippen molar-refractivity contribution in [3.05, 3.63) is 35.4 Å². The summed E-state index contributed by atoms with van der Waals surface area (Å²) in [5.41, 5.74) is 1.65. The van der Waals surface area contributed by atoms with Crippen LogP contribution in [-0.2, 0) is 20.5 Å². The first-order chi connectivity index (χ1) is 8.63. The third-order valence-electron chi connectivity index (χ3n) is 2.39. The molecule has 0 fully saturated rings. The Labute approximate surface area is 110 Å². The maximum atomic E-state index is 13.8. The van der Waals surface area contributed by atoms with Crippen LogP contribution >= 0.6 is 0 Å². The zero-order valence-corrected chi connectivity index (χ0v) is 12.3. The fourth-order valence-electron chi connectivity index (χ4n) is 1.44. The Morgan fingerprint density at radius 2 is 1.89 bits per heavy atom. The van der Waals surface area contributed by atoms with E-state index in [1.165, 1.54) is 0 Å². The first-order valence-electron chi connectivity index (χ1n) is 6.04. The van der Waals surface area contributed by atoms with Crippen molar-refractivity contribution in [2.45, 2.75) is 25.9 Å². The van der Waals surface area contributed by atoms with Gasteiger partial charge >= 0.3 is 0 Å². The van der Waals surface area contributed by atoms with E-state index in [0.29, 0.717) is 12.2 Å². The summed E-state index contributed by atoms with van der Waals surface area (Å²) < 4.78 is 29.2. The SMILES string of the molecule is COCOCc1ccc(C(F)CO[SiH](C)C)cc1. The van der Waals surface area contributed by atoms with E-state index in [9.17, 15) is 4.39 Å². The van der Waals surface area contributed by atoms with Gasteiger partial charge in [0, 0.05) is 7.11 Å². The van der Waals surface area contributed by atoms with Gasteiger partial charge in [0.2, 0.25) is 0 Å². The molecule has 1 rings (SSSR count). The van der Waals surface area contributed by atoms with Crippen LogP contribution < -0.4 is 0 Å². The summed E-state index contributed by atoms with van der Waals surface area (Å²) in [6.07, 6.45) is -1.05. The Hall–Kier alpha value is -0.753. The summed E-state index contributed by atoms with van der Waals surface area (Å²) >= 11 is 0. The van der Waals surface area contributed by atoms with Crippen LogP contribution in [0.5, 0.6) is 0 Å². The van der Waals surface area contributed by atoms with Crippen LogP contribution in [-0.4, -0.2) is 29.5 Å². The van der Waals surface area contributed by atoms with E-state index in [1.54, 1.807) is 19.2 Å². The minimum absolute atomic E-state index is 0.156. The molecule has 18 heavy (non-hydrogen) atoms. The molecule has 102 valence electrons. The predicted octanol–water partition coefficient (Wildman–Crippen LogP) is 2.82. The van der Waals surface area contributed by atoms with Crippen molar-refractivity contribution in [3.63, 3.8) is 0 Å². The average Bonchev–Trinajstić information content (AvgIpc) is 2.37. The van der Waals surface area contributed by atoms with E-state index < -0.39 is 15.2 Å². The molecule has 0 heterocycles. The van der Waals surface area contributed by atoms with Crippen LogP contribution in [0.25, 0.3) is 0 Å². The lowest BCUT2D eigenvalue weighted by molar-refractivity contribution is -0.0390. The minimum atomic E-state index is -1.15. The molecule has 1 atom stereocenters. The van der Waals surface area contributed by atoms with E-state index in [1.807, 2.05) is 25.2 Å². The molecular weight excluding hydrogens is 251 g/mol. The first kappa shape index (κ1) is 15.3. The van der Waals surface area contributed by atoms with Gasteiger partial charge in [0.25, 0.3) is 0 Å². The lowest BCUT2D eigenvalue weighted by atomic mass is 10.1. The Morgan fingerprint density at radius 1 is 1.22 bits per heavy atom. The van der Waals surface area contributed by atoms with Crippen molar-refractivity contribution >= 4 is 9.04 Å². The predicted molar refractivity (Wildman–Crippen MR) is 71.8 cm³/mol. The van der Waals surface area contributed by atoms with E-state index in [4.69, 9.17) is 13.9 Å². The monoisotopic (exact) mass is 272 g/mol. The number of ether oxygens (including phenoxy) is 2. The molecule has 0 bridgehead atoms. The maximum absolute atomic E-state index is 13.8. The Kier molecular flexibility index (Phi) is 7.11. The van der Waals surface area contributed by atoms with Crippen LogP contribution in [0, 0.1) is 0 Å². The molecule has 0 aliphatic carbocycles. The van der Waals surface area contributed by atoms with Gasteiger partial charge in [0.15, 0.2) is 9.04 Å². The molecule has 0 amide bonds.